The molecule has 0 unspecified atom stereocenters. The van der Waals surface area contributed by atoms with Crippen LogP contribution in [-0.2, 0) is 7.05 Å². The quantitative estimate of drug-likeness (QED) is 0.823. The van der Waals surface area contributed by atoms with Crippen molar-refractivity contribution < 1.29 is 5.11 Å². The molecule has 5 heteroatoms. The van der Waals surface area contributed by atoms with Crippen LogP contribution in [0.25, 0.3) is 11.6 Å². The molecule has 0 aliphatic rings. The molecule has 0 radical (unpaired) electrons. The summed E-state index contributed by atoms with van der Waals surface area (Å²) < 4.78 is 1.86. The van der Waals surface area contributed by atoms with Gasteiger partial charge in [0.25, 0.3) is 0 Å². The van der Waals surface area contributed by atoms with E-state index in [-0.39, 0.29) is 0 Å². The molecule has 0 aliphatic carbocycles. The van der Waals surface area contributed by atoms with Gasteiger partial charge in [0, 0.05) is 36.9 Å². The minimum absolute atomic E-state index is 0.546. The van der Waals surface area contributed by atoms with Gasteiger partial charge < -0.3 is 9.67 Å². The molecule has 0 bridgehead atoms. The zero-order chi connectivity index (χ0) is 11.7. The van der Waals surface area contributed by atoms with Gasteiger partial charge in [0.05, 0.1) is 6.10 Å². The number of aliphatic hydroxyl groups is 1. The van der Waals surface area contributed by atoms with Crippen molar-refractivity contribution in [3.05, 3.63) is 29.8 Å². The minimum Gasteiger partial charge on any atom is -0.389 e. The van der Waals surface area contributed by atoms with Gasteiger partial charge in [-0.05, 0) is 13.8 Å². The molecule has 0 fully saturated rings. The zero-order valence-electron chi connectivity index (χ0n) is 9.55. The molecule has 5 nitrogen and oxygen atoms in total. The van der Waals surface area contributed by atoms with Crippen molar-refractivity contribution in [2.75, 3.05) is 0 Å². The first-order chi connectivity index (χ1) is 7.59. The van der Waals surface area contributed by atoms with Crippen LogP contribution < -0.4 is 0 Å². The molecule has 2 aromatic heterocycles. The Bertz CT molecular complexity index is 504. The van der Waals surface area contributed by atoms with Gasteiger partial charge >= 0.3 is 0 Å². The summed E-state index contributed by atoms with van der Waals surface area (Å²) in [5.74, 6) is 1.30. The van der Waals surface area contributed by atoms with Crippen molar-refractivity contribution in [1.82, 2.24) is 19.5 Å². The average Bonchev–Trinajstić information content (AvgIpc) is 2.63. The van der Waals surface area contributed by atoms with E-state index >= 15 is 0 Å². The van der Waals surface area contributed by atoms with Crippen LogP contribution in [0.3, 0.4) is 0 Å². The van der Waals surface area contributed by atoms with Crippen LogP contribution in [0.15, 0.2) is 18.6 Å². The lowest BCUT2D eigenvalue weighted by molar-refractivity contribution is 0.197. The number of aromatic nitrogens is 4. The second kappa shape index (κ2) is 4.02. The number of nitrogens with zero attached hydrogens (tertiary/aromatic N) is 4. The summed E-state index contributed by atoms with van der Waals surface area (Å²) in [4.78, 5) is 12.7. The van der Waals surface area contributed by atoms with Crippen molar-refractivity contribution in [2.24, 2.45) is 7.05 Å². The van der Waals surface area contributed by atoms with Gasteiger partial charge in [-0.3, -0.25) is 0 Å². The van der Waals surface area contributed by atoms with Gasteiger partial charge in [0.2, 0.25) is 0 Å². The SMILES string of the molecule is Cc1nc(-c2nccn2C)ncc1[C@H](C)O. The number of hydrogen-bond acceptors (Lipinski definition) is 4. The number of aliphatic hydroxyl groups excluding tert-OH is 1. The third-order valence-corrected chi connectivity index (χ3v) is 2.49. The fraction of sp³-hybridized carbons (Fsp3) is 0.364. The second-order valence-corrected chi connectivity index (χ2v) is 3.77. The molecule has 0 aliphatic heterocycles. The number of imidazole rings is 1. The molecular weight excluding hydrogens is 204 g/mol. The van der Waals surface area contributed by atoms with Crippen molar-refractivity contribution in [3.63, 3.8) is 0 Å². The van der Waals surface area contributed by atoms with Crippen molar-refractivity contribution in [2.45, 2.75) is 20.0 Å². The van der Waals surface area contributed by atoms with E-state index in [0.29, 0.717) is 5.82 Å². The Morgan fingerprint density at radius 2 is 2.12 bits per heavy atom. The summed E-state index contributed by atoms with van der Waals surface area (Å²) in [5.41, 5.74) is 1.53. The van der Waals surface area contributed by atoms with Crippen LogP contribution in [0.2, 0.25) is 0 Å². The maximum atomic E-state index is 9.48. The van der Waals surface area contributed by atoms with Crippen LogP contribution in [0, 0.1) is 6.92 Å². The summed E-state index contributed by atoms with van der Waals surface area (Å²) in [6.45, 7) is 3.56. The highest BCUT2D eigenvalue weighted by Crippen LogP contribution is 2.17. The third-order valence-electron chi connectivity index (χ3n) is 2.49. The average molecular weight is 218 g/mol. The Hall–Kier alpha value is -1.75. The smallest absolute Gasteiger partial charge is 0.196 e. The highest BCUT2D eigenvalue weighted by molar-refractivity contribution is 5.44. The molecule has 2 aromatic rings. The van der Waals surface area contributed by atoms with Crippen LogP contribution in [-0.4, -0.2) is 24.6 Å². The van der Waals surface area contributed by atoms with E-state index in [4.69, 9.17) is 0 Å². The summed E-state index contributed by atoms with van der Waals surface area (Å²) in [6, 6.07) is 0. The molecule has 0 saturated carbocycles. The number of hydrogen-bond donors (Lipinski definition) is 1. The Kier molecular flexibility index (Phi) is 2.70. The largest absolute Gasteiger partial charge is 0.389 e. The van der Waals surface area contributed by atoms with Crippen molar-refractivity contribution in [1.29, 1.82) is 0 Å². The van der Waals surface area contributed by atoms with E-state index in [2.05, 4.69) is 15.0 Å². The predicted molar refractivity (Wildman–Crippen MR) is 59.6 cm³/mol. The van der Waals surface area contributed by atoms with Crippen LogP contribution >= 0.6 is 0 Å². The Morgan fingerprint density at radius 1 is 1.38 bits per heavy atom. The normalized spacial score (nSPS) is 12.8. The van der Waals surface area contributed by atoms with Crippen LogP contribution in [0.4, 0.5) is 0 Å². The monoisotopic (exact) mass is 218 g/mol. The first kappa shape index (κ1) is 10.8. The van der Waals surface area contributed by atoms with Gasteiger partial charge in [-0.25, -0.2) is 15.0 Å². The molecule has 2 heterocycles. The van der Waals surface area contributed by atoms with Gasteiger partial charge in [-0.1, -0.05) is 0 Å². The lowest BCUT2D eigenvalue weighted by Gasteiger charge is -2.08. The van der Waals surface area contributed by atoms with Gasteiger partial charge in [-0.15, -0.1) is 0 Å². The number of rotatable bonds is 2. The maximum absolute atomic E-state index is 9.48. The molecule has 0 spiro atoms. The predicted octanol–water partition coefficient (Wildman–Crippen LogP) is 1.24. The topological polar surface area (TPSA) is 63.8 Å². The fourth-order valence-electron chi connectivity index (χ4n) is 1.58. The van der Waals surface area contributed by atoms with E-state index in [1.807, 2.05) is 24.7 Å². The van der Waals surface area contributed by atoms with E-state index in [0.717, 1.165) is 17.1 Å². The Morgan fingerprint density at radius 3 is 2.62 bits per heavy atom. The van der Waals surface area contributed by atoms with Crippen LogP contribution in [0.5, 0.6) is 0 Å². The summed E-state index contributed by atoms with van der Waals surface area (Å²) >= 11 is 0. The molecule has 0 amide bonds. The Labute approximate surface area is 93.8 Å². The first-order valence-corrected chi connectivity index (χ1v) is 5.09. The molecule has 0 saturated heterocycles. The molecule has 0 aromatic carbocycles. The van der Waals surface area contributed by atoms with Crippen LogP contribution in [0.1, 0.15) is 24.3 Å². The van der Waals surface area contributed by atoms with Crippen molar-refractivity contribution in [3.8, 4) is 11.6 Å². The van der Waals surface area contributed by atoms with Gasteiger partial charge in [-0.2, -0.15) is 0 Å². The van der Waals surface area contributed by atoms with E-state index in [9.17, 15) is 5.11 Å². The lowest BCUT2D eigenvalue weighted by atomic mass is 10.1. The maximum Gasteiger partial charge on any atom is 0.196 e. The van der Waals surface area contributed by atoms with Crippen molar-refractivity contribution >= 4 is 0 Å². The zero-order valence-corrected chi connectivity index (χ0v) is 9.55. The van der Waals surface area contributed by atoms with E-state index < -0.39 is 6.10 Å². The highest BCUT2D eigenvalue weighted by Gasteiger charge is 2.11. The highest BCUT2D eigenvalue weighted by atomic mass is 16.3. The minimum atomic E-state index is -0.546. The van der Waals surface area contributed by atoms with E-state index in [1.54, 1.807) is 19.3 Å². The third kappa shape index (κ3) is 1.81. The van der Waals surface area contributed by atoms with Gasteiger partial charge in [0.1, 0.15) is 0 Å². The molecule has 1 atom stereocenters. The molecule has 16 heavy (non-hydrogen) atoms. The summed E-state index contributed by atoms with van der Waals surface area (Å²) in [5, 5.41) is 9.48. The molecule has 1 N–H and O–H groups in total. The summed E-state index contributed by atoms with van der Waals surface area (Å²) in [6.07, 6.45) is 4.65. The molecular formula is C11H14N4O. The summed E-state index contributed by atoms with van der Waals surface area (Å²) in [7, 11) is 1.89. The van der Waals surface area contributed by atoms with E-state index in [1.165, 1.54) is 0 Å². The Balaban J connectivity index is 2.46. The van der Waals surface area contributed by atoms with Gasteiger partial charge in [0.15, 0.2) is 11.6 Å². The first-order valence-electron chi connectivity index (χ1n) is 5.09. The number of aryl methyl sites for hydroxylation is 2. The fourth-order valence-corrected chi connectivity index (χ4v) is 1.58. The molecule has 84 valence electrons. The lowest BCUT2D eigenvalue weighted by Crippen LogP contribution is -2.03. The second-order valence-electron chi connectivity index (χ2n) is 3.77. The standard InChI is InChI=1S/C11H14N4O/c1-7-9(8(2)16)6-13-10(14-7)11-12-4-5-15(11)3/h4-6,8,16H,1-3H3/t8-/m0/s1. The molecule has 2 rings (SSSR count).